The number of halogens is 2. The van der Waals surface area contributed by atoms with E-state index in [1.54, 1.807) is 30.1 Å². The van der Waals surface area contributed by atoms with Gasteiger partial charge in [0.1, 0.15) is 5.41 Å². The van der Waals surface area contributed by atoms with Gasteiger partial charge < -0.3 is 10.0 Å². The molecule has 118 valence electrons. The van der Waals surface area contributed by atoms with E-state index in [0.717, 1.165) is 12.8 Å². The molecule has 6 heteroatoms. The van der Waals surface area contributed by atoms with Crippen molar-refractivity contribution in [3.63, 3.8) is 0 Å². The van der Waals surface area contributed by atoms with Crippen LogP contribution in [0.1, 0.15) is 37.3 Å². The third-order valence-corrected chi connectivity index (χ3v) is 5.51. The van der Waals surface area contributed by atoms with Gasteiger partial charge in [0, 0.05) is 17.1 Å². The van der Waals surface area contributed by atoms with Crippen LogP contribution in [0.25, 0.3) is 0 Å². The molecular formula is C16H17Cl2NO3. The van der Waals surface area contributed by atoms with Gasteiger partial charge in [-0.05, 0) is 36.6 Å². The number of aliphatic carboxylic acids is 1. The molecule has 1 heterocycles. The van der Waals surface area contributed by atoms with Crippen LogP contribution in [0.3, 0.4) is 0 Å². The summed E-state index contributed by atoms with van der Waals surface area (Å²) in [5.74, 6) is -1.47. The fourth-order valence-electron chi connectivity index (χ4n) is 4.21. The second-order valence-corrected chi connectivity index (χ2v) is 7.07. The summed E-state index contributed by atoms with van der Waals surface area (Å²) < 4.78 is 0. The summed E-state index contributed by atoms with van der Waals surface area (Å²) in [6.07, 6.45) is 2.83. The molecule has 1 aliphatic carbocycles. The summed E-state index contributed by atoms with van der Waals surface area (Å²) >= 11 is 12.2. The van der Waals surface area contributed by atoms with Crippen molar-refractivity contribution >= 4 is 35.1 Å². The van der Waals surface area contributed by atoms with Gasteiger partial charge >= 0.3 is 5.97 Å². The zero-order chi connectivity index (χ0) is 16.1. The Balaban J connectivity index is 2.18. The van der Waals surface area contributed by atoms with Crippen molar-refractivity contribution in [3.05, 3.63) is 33.8 Å². The van der Waals surface area contributed by atoms with E-state index in [-0.39, 0.29) is 5.91 Å². The van der Waals surface area contributed by atoms with Crippen molar-refractivity contribution in [2.75, 3.05) is 7.05 Å². The summed E-state index contributed by atoms with van der Waals surface area (Å²) in [7, 11) is 1.67. The molecule has 22 heavy (non-hydrogen) atoms. The van der Waals surface area contributed by atoms with E-state index in [9.17, 15) is 14.7 Å². The molecule has 1 amide bonds. The molecule has 0 bridgehead atoms. The SMILES string of the molecule is CN1C(=O)[C@@H]2CCCC[C@]2(C(=O)O)[C@@H]1c1cc(Cl)cc(Cl)c1. The highest BCUT2D eigenvalue weighted by Gasteiger charge is 2.63. The number of benzene rings is 1. The van der Waals surface area contributed by atoms with Crippen molar-refractivity contribution in [1.82, 2.24) is 4.90 Å². The van der Waals surface area contributed by atoms with Crippen LogP contribution >= 0.6 is 23.2 Å². The molecule has 0 spiro atoms. The van der Waals surface area contributed by atoms with E-state index in [4.69, 9.17) is 23.2 Å². The second-order valence-electron chi connectivity index (χ2n) is 6.20. The van der Waals surface area contributed by atoms with Gasteiger partial charge in [0.05, 0.1) is 12.0 Å². The average molecular weight is 342 g/mol. The van der Waals surface area contributed by atoms with Gasteiger partial charge in [0.15, 0.2) is 0 Å². The van der Waals surface area contributed by atoms with Gasteiger partial charge in [-0.25, -0.2) is 0 Å². The predicted molar refractivity (Wildman–Crippen MR) is 84.0 cm³/mol. The van der Waals surface area contributed by atoms with Crippen LogP contribution in [0.15, 0.2) is 18.2 Å². The molecule has 2 fully saturated rings. The molecule has 1 aromatic rings. The highest BCUT2D eigenvalue weighted by molar-refractivity contribution is 6.34. The number of hydrogen-bond donors (Lipinski definition) is 1. The molecule has 0 radical (unpaired) electrons. The first-order valence-electron chi connectivity index (χ1n) is 7.34. The lowest BCUT2D eigenvalue weighted by Crippen LogP contribution is -2.43. The molecule has 1 aliphatic heterocycles. The zero-order valence-corrected chi connectivity index (χ0v) is 13.7. The number of hydrogen-bond acceptors (Lipinski definition) is 2. The smallest absolute Gasteiger partial charge is 0.312 e. The second kappa shape index (κ2) is 5.43. The van der Waals surface area contributed by atoms with Crippen LogP contribution in [0.4, 0.5) is 0 Å². The largest absolute Gasteiger partial charge is 0.481 e. The minimum Gasteiger partial charge on any atom is -0.481 e. The van der Waals surface area contributed by atoms with Gasteiger partial charge in [0.2, 0.25) is 5.91 Å². The zero-order valence-electron chi connectivity index (χ0n) is 12.2. The maximum Gasteiger partial charge on any atom is 0.312 e. The summed E-state index contributed by atoms with van der Waals surface area (Å²) in [5, 5.41) is 10.9. The standard InChI is InChI=1S/C16H17Cl2NO3/c1-19-13(9-6-10(17)8-11(18)7-9)16(15(21)22)5-3-2-4-12(16)14(19)20/h6-8,12-13H,2-5H2,1H3,(H,21,22)/t12-,13-,16+/m0/s1. The number of fused-ring (bicyclic) bond motifs is 1. The summed E-state index contributed by atoms with van der Waals surface area (Å²) in [6, 6.07) is 4.50. The summed E-state index contributed by atoms with van der Waals surface area (Å²) in [4.78, 5) is 26.3. The number of nitrogens with zero attached hydrogens (tertiary/aromatic N) is 1. The first kappa shape index (κ1) is 15.6. The third kappa shape index (κ3) is 2.12. The predicted octanol–water partition coefficient (Wildman–Crippen LogP) is 3.77. The van der Waals surface area contributed by atoms with Gasteiger partial charge in [-0.3, -0.25) is 9.59 Å². The van der Waals surface area contributed by atoms with Crippen LogP contribution < -0.4 is 0 Å². The van der Waals surface area contributed by atoms with Crippen LogP contribution in [-0.4, -0.2) is 28.9 Å². The first-order valence-corrected chi connectivity index (χ1v) is 8.09. The Morgan fingerprint density at radius 1 is 1.27 bits per heavy atom. The highest BCUT2D eigenvalue weighted by atomic mass is 35.5. The first-order chi connectivity index (χ1) is 10.4. The van der Waals surface area contributed by atoms with Crippen molar-refractivity contribution in [1.29, 1.82) is 0 Å². The molecule has 1 saturated heterocycles. The van der Waals surface area contributed by atoms with Crippen molar-refractivity contribution in [2.45, 2.75) is 31.7 Å². The molecule has 3 atom stereocenters. The molecule has 2 aliphatic rings. The lowest BCUT2D eigenvalue weighted by atomic mass is 9.63. The number of carbonyl (C=O) groups excluding carboxylic acids is 1. The average Bonchev–Trinajstić information content (AvgIpc) is 2.68. The molecule has 3 rings (SSSR count). The van der Waals surface area contributed by atoms with Gasteiger partial charge in [-0.1, -0.05) is 36.0 Å². The van der Waals surface area contributed by atoms with Crippen LogP contribution in [0.5, 0.6) is 0 Å². The Bertz CT molecular complexity index is 628. The lowest BCUT2D eigenvalue weighted by Gasteiger charge is -2.38. The third-order valence-electron chi connectivity index (χ3n) is 5.07. The van der Waals surface area contributed by atoms with Crippen molar-refractivity contribution in [2.24, 2.45) is 11.3 Å². The van der Waals surface area contributed by atoms with E-state index in [2.05, 4.69) is 0 Å². The van der Waals surface area contributed by atoms with Crippen molar-refractivity contribution < 1.29 is 14.7 Å². The fourth-order valence-corrected chi connectivity index (χ4v) is 4.76. The van der Waals surface area contributed by atoms with E-state index in [1.165, 1.54) is 0 Å². The maximum absolute atomic E-state index is 12.6. The molecule has 4 nitrogen and oxygen atoms in total. The Morgan fingerprint density at radius 2 is 1.91 bits per heavy atom. The minimum absolute atomic E-state index is 0.0943. The lowest BCUT2D eigenvalue weighted by molar-refractivity contribution is -0.156. The van der Waals surface area contributed by atoms with Crippen LogP contribution in [-0.2, 0) is 9.59 Å². The monoisotopic (exact) mass is 341 g/mol. The van der Waals surface area contributed by atoms with Crippen LogP contribution in [0, 0.1) is 11.3 Å². The summed E-state index contributed by atoms with van der Waals surface area (Å²) in [5.41, 5.74) is -0.391. The molecule has 1 aromatic carbocycles. The highest BCUT2D eigenvalue weighted by Crippen LogP contribution is 2.58. The molecule has 1 N–H and O–H groups in total. The Morgan fingerprint density at radius 3 is 2.50 bits per heavy atom. The normalized spacial score (nSPS) is 31.2. The molecular weight excluding hydrogens is 325 g/mol. The van der Waals surface area contributed by atoms with E-state index < -0.39 is 23.3 Å². The van der Waals surface area contributed by atoms with E-state index in [0.29, 0.717) is 28.5 Å². The van der Waals surface area contributed by atoms with Gasteiger partial charge in [-0.15, -0.1) is 0 Å². The Hall–Kier alpha value is -1.26. The number of rotatable bonds is 2. The summed E-state index contributed by atoms with van der Waals surface area (Å²) in [6.45, 7) is 0. The number of carboxylic acid groups (broad SMARTS) is 1. The number of carbonyl (C=O) groups is 2. The quantitative estimate of drug-likeness (QED) is 0.890. The minimum atomic E-state index is -1.09. The van der Waals surface area contributed by atoms with Gasteiger partial charge in [0.25, 0.3) is 0 Å². The Labute approximate surface area is 139 Å². The number of carboxylic acids is 1. The van der Waals surface area contributed by atoms with Crippen molar-refractivity contribution in [3.8, 4) is 0 Å². The molecule has 0 aromatic heterocycles. The fraction of sp³-hybridized carbons (Fsp3) is 0.500. The molecule has 1 saturated carbocycles. The number of likely N-dealkylation sites (tertiary alicyclic amines) is 1. The van der Waals surface area contributed by atoms with E-state index >= 15 is 0 Å². The molecule has 0 unspecified atom stereocenters. The number of amides is 1. The van der Waals surface area contributed by atoms with Crippen LogP contribution in [0.2, 0.25) is 10.0 Å². The Kier molecular flexibility index (Phi) is 3.86. The van der Waals surface area contributed by atoms with Gasteiger partial charge in [-0.2, -0.15) is 0 Å². The maximum atomic E-state index is 12.6. The topological polar surface area (TPSA) is 57.6 Å². The van der Waals surface area contributed by atoms with E-state index in [1.807, 2.05) is 0 Å².